The molecule has 5 nitrogen and oxygen atoms in total. The van der Waals surface area contributed by atoms with Crippen molar-refractivity contribution in [2.24, 2.45) is 16.3 Å². The molecule has 0 N–H and O–H groups in total. The second-order valence-electron chi connectivity index (χ2n) is 9.92. The number of nitrogens with zero attached hydrogens (tertiary/aromatic N) is 1. The maximum Gasteiger partial charge on any atom is 0.336 e. The summed E-state index contributed by atoms with van der Waals surface area (Å²) >= 11 is 0. The third-order valence-electron chi connectivity index (χ3n) is 6.60. The zero-order chi connectivity index (χ0) is 24.3. The van der Waals surface area contributed by atoms with Crippen LogP contribution in [0.4, 0.5) is 0 Å². The molecule has 5 heteroatoms. The van der Waals surface area contributed by atoms with Crippen LogP contribution < -0.4 is 4.74 Å². The molecule has 178 valence electrons. The van der Waals surface area contributed by atoms with Gasteiger partial charge in [0, 0.05) is 30.2 Å². The fourth-order valence-corrected chi connectivity index (χ4v) is 5.14. The van der Waals surface area contributed by atoms with Crippen LogP contribution in [-0.2, 0) is 20.7 Å². The predicted molar refractivity (Wildman–Crippen MR) is 133 cm³/mol. The van der Waals surface area contributed by atoms with Crippen LogP contribution in [0.2, 0.25) is 0 Å². The van der Waals surface area contributed by atoms with Gasteiger partial charge in [0.1, 0.15) is 11.5 Å². The number of esters is 1. The summed E-state index contributed by atoms with van der Waals surface area (Å²) in [6, 6.07) is 17.6. The first-order chi connectivity index (χ1) is 16.3. The summed E-state index contributed by atoms with van der Waals surface area (Å²) in [5.74, 6) is -0.342. The van der Waals surface area contributed by atoms with Gasteiger partial charge in [-0.05, 0) is 48.9 Å². The van der Waals surface area contributed by atoms with Crippen molar-refractivity contribution in [1.82, 2.24) is 0 Å². The lowest BCUT2D eigenvalue weighted by molar-refractivity contribution is -0.139. The van der Waals surface area contributed by atoms with Gasteiger partial charge in [0.25, 0.3) is 0 Å². The Balaban J connectivity index is 1.66. The molecule has 34 heavy (non-hydrogen) atoms. The summed E-state index contributed by atoms with van der Waals surface area (Å²) in [7, 11) is 0. The molecule has 1 fully saturated rings. The molecule has 1 aliphatic heterocycles. The summed E-state index contributed by atoms with van der Waals surface area (Å²) in [5.41, 5.74) is 3.88. The minimum Gasteiger partial charge on any atom is -0.494 e. The highest BCUT2D eigenvalue weighted by molar-refractivity contribution is 6.12. The summed E-state index contributed by atoms with van der Waals surface area (Å²) in [5, 5.41) is 0. The minimum absolute atomic E-state index is 0.135. The van der Waals surface area contributed by atoms with Gasteiger partial charge in [-0.3, -0.25) is 9.79 Å². The fraction of sp³-hybridized carbons (Fsp3) is 0.414. The topological polar surface area (TPSA) is 65.0 Å². The quantitative estimate of drug-likeness (QED) is 0.499. The van der Waals surface area contributed by atoms with Crippen molar-refractivity contribution in [2.45, 2.75) is 52.9 Å². The van der Waals surface area contributed by atoms with Gasteiger partial charge in [-0.15, -0.1) is 0 Å². The van der Waals surface area contributed by atoms with E-state index in [-0.39, 0.29) is 17.8 Å². The fourth-order valence-electron chi connectivity index (χ4n) is 5.14. The number of benzene rings is 2. The maximum atomic E-state index is 13.4. The molecule has 0 radical (unpaired) electrons. The van der Waals surface area contributed by atoms with Crippen LogP contribution in [0.5, 0.6) is 5.75 Å². The Labute approximate surface area is 201 Å². The lowest BCUT2D eigenvalue weighted by Crippen LogP contribution is -2.44. The van der Waals surface area contributed by atoms with Gasteiger partial charge in [0.15, 0.2) is 0 Å². The van der Waals surface area contributed by atoms with Crippen molar-refractivity contribution in [3.8, 4) is 5.75 Å². The monoisotopic (exact) mass is 459 g/mol. The van der Waals surface area contributed by atoms with Crippen LogP contribution in [0.3, 0.4) is 0 Å². The first kappa shape index (κ1) is 23.9. The molecule has 0 saturated heterocycles. The van der Waals surface area contributed by atoms with Crippen LogP contribution in [0.15, 0.2) is 70.9 Å². The molecule has 0 bridgehead atoms. The van der Waals surface area contributed by atoms with E-state index >= 15 is 0 Å². The molecule has 2 atom stereocenters. The van der Waals surface area contributed by atoms with E-state index in [0.717, 1.165) is 29.0 Å². The number of carbonyl (C=O) groups is 2. The number of rotatable bonds is 7. The molecular formula is C29H33NO4. The van der Waals surface area contributed by atoms with E-state index in [1.54, 1.807) is 0 Å². The highest BCUT2D eigenvalue weighted by Gasteiger charge is 2.47. The Kier molecular flexibility index (Phi) is 7.01. The first-order valence-electron chi connectivity index (χ1n) is 12.0. The number of ketones is 1. The van der Waals surface area contributed by atoms with E-state index in [1.165, 1.54) is 0 Å². The van der Waals surface area contributed by atoms with Crippen LogP contribution in [0.1, 0.15) is 57.6 Å². The van der Waals surface area contributed by atoms with E-state index in [0.29, 0.717) is 30.7 Å². The van der Waals surface area contributed by atoms with E-state index in [2.05, 4.69) is 13.8 Å². The summed E-state index contributed by atoms with van der Waals surface area (Å²) in [6.45, 7) is 8.84. The second kappa shape index (κ2) is 9.96. The molecule has 1 unspecified atom stereocenters. The number of allylic oxidation sites excluding steroid dienone is 1. The van der Waals surface area contributed by atoms with Crippen molar-refractivity contribution in [2.75, 3.05) is 13.2 Å². The number of Topliss-reactive ketones (excluding diaryl/α,β-unsaturated/α-hetero) is 1. The largest absolute Gasteiger partial charge is 0.494 e. The van der Waals surface area contributed by atoms with Crippen molar-refractivity contribution < 1.29 is 19.1 Å². The van der Waals surface area contributed by atoms with Crippen LogP contribution in [0.25, 0.3) is 0 Å². The molecule has 2 aromatic carbocycles. The Bertz CT molecular complexity index is 1110. The number of carbonyl (C=O) groups excluding carboxylic acids is 2. The lowest BCUT2D eigenvalue weighted by atomic mass is 9.63. The zero-order valence-electron chi connectivity index (χ0n) is 20.5. The lowest BCUT2D eigenvalue weighted by Gasteiger charge is -2.41. The summed E-state index contributed by atoms with van der Waals surface area (Å²) in [4.78, 5) is 31.6. The van der Waals surface area contributed by atoms with Gasteiger partial charge in [0.05, 0.1) is 24.7 Å². The van der Waals surface area contributed by atoms with Gasteiger partial charge < -0.3 is 9.47 Å². The maximum absolute atomic E-state index is 13.4. The van der Waals surface area contributed by atoms with Gasteiger partial charge >= 0.3 is 5.97 Å². The van der Waals surface area contributed by atoms with Gasteiger partial charge in [-0.1, -0.05) is 56.3 Å². The highest BCUT2D eigenvalue weighted by atomic mass is 16.5. The molecule has 2 aromatic rings. The molecule has 1 heterocycles. The predicted octanol–water partition coefficient (Wildman–Crippen LogP) is 5.69. The molecule has 4 rings (SSSR count). The van der Waals surface area contributed by atoms with Gasteiger partial charge in [-0.25, -0.2) is 4.79 Å². The molecule has 1 aliphatic carbocycles. The number of fused-ring (bicyclic) bond motifs is 1. The Morgan fingerprint density at radius 1 is 1.03 bits per heavy atom. The average Bonchev–Trinajstić information content (AvgIpc) is 2.78. The second-order valence-corrected chi connectivity index (χ2v) is 9.92. The first-order valence-corrected chi connectivity index (χ1v) is 12.0. The number of hydrogen-bond acceptors (Lipinski definition) is 5. The summed E-state index contributed by atoms with van der Waals surface area (Å²) < 4.78 is 11.3. The van der Waals surface area contributed by atoms with Crippen molar-refractivity contribution >= 4 is 17.5 Å². The Morgan fingerprint density at radius 2 is 1.74 bits per heavy atom. The number of aliphatic imine (C=N–C) groups is 1. The molecular weight excluding hydrogens is 426 g/mol. The third kappa shape index (κ3) is 5.14. The van der Waals surface area contributed by atoms with E-state index in [4.69, 9.17) is 14.5 Å². The average molecular weight is 460 g/mol. The molecule has 0 amide bonds. The van der Waals surface area contributed by atoms with Gasteiger partial charge in [0.2, 0.25) is 0 Å². The van der Waals surface area contributed by atoms with Crippen LogP contribution in [0, 0.1) is 11.3 Å². The SMILES string of the molecule is CCOc1ccc([C@@H]2C(C(=O)OCCc3ccccc3)=C(C)N=C3CC(C)(C)CC(=O)C32)cc1. The van der Waals surface area contributed by atoms with Crippen molar-refractivity contribution in [3.63, 3.8) is 0 Å². The van der Waals surface area contributed by atoms with Crippen LogP contribution >= 0.6 is 0 Å². The minimum atomic E-state index is -0.439. The molecule has 0 spiro atoms. The van der Waals surface area contributed by atoms with Crippen molar-refractivity contribution in [3.05, 3.63) is 77.0 Å². The standard InChI is InChI=1S/C29H33NO4/c1-5-33-22-13-11-21(12-14-22)26-25(28(32)34-16-15-20-9-7-6-8-10-20)19(2)30-23-17-29(3,4)18-24(31)27(23)26/h6-14,26-27H,5,15-18H2,1-4H3/t26-,27?/m1/s1. The van der Waals surface area contributed by atoms with Crippen LogP contribution in [-0.4, -0.2) is 30.7 Å². The van der Waals surface area contributed by atoms with Crippen molar-refractivity contribution in [1.29, 1.82) is 0 Å². The number of ether oxygens (including phenoxy) is 2. The third-order valence-corrected chi connectivity index (χ3v) is 6.60. The number of hydrogen-bond donors (Lipinski definition) is 0. The Morgan fingerprint density at radius 3 is 2.41 bits per heavy atom. The Hall–Kier alpha value is -3.21. The molecule has 2 aliphatic rings. The van der Waals surface area contributed by atoms with E-state index in [1.807, 2.05) is 68.4 Å². The molecule has 0 aromatic heterocycles. The van der Waals surface area contributed by atoms with E-state index in [9.17, 15) is 9.59 Å². The van der Waals surface area contributed by atoms with Gasteiger partial charge in [-0.2, -0.15) is 0 Å². The van der Waals surface area contributed by atoms with E-state index < -0.39 is 17.8 Å². The zero-order valence-corrected chi connectivity index (χ0v) is 20.5. The molecule has 1 saturated carbocycles. The smallest absolute Gasteiger partial charge is 0.336 e. The normalized spacial score (nSPS) is 21.5. The summed E-state index contributed by atoms with van der Waals surface area (Å²) in [6.07, 6.45) is 1.85. The highest BCUT2D eigenvalue weighted by Crippen LogP contribution is 2.47.